The van der Waals surface area contributed by atoms with Gasteiger partial charge in [-0.15, -0.1) is 13.2 Å². The highest BCUT2D eigenvalue weighted by atomic mass is 16.5. The molecule has 2 aromatic rings. The second-order valence-electron chi connectivity index (χ2n) is 11.3. The van der Waals surface area contributed by atoms with Gasteiger partial charge in [-0.2, -0.15) is 0 Å². The summed E-state index contributed by atoms with van der Waals surface area (Å²) in [6.45, 7) is 18.3. The third-order valence-corrected chi connectivity index (χ3v) is 5.86. The first-order chi connectivity index (χ1) is 18.7. The lowest BCUT2D eigenvalue weighted by Crippen LogP contribution is -2.26. The summed E-state index contributed by atoms with van der Waals surface area (Å²) < 4.78 is 22.9. The Labute approximate surface area is 237 Å². The maximum Gasteiger partial charge on any atom is 0.316 e. The Kier molecular flexibility index (Phi) is 10.7. The van der Waals surface area contributed by atoms with Crippen LogP contribution in [0.15, 0.2) is 55.7 Å². The fraction of sp³-hybridized carbons (Fsp3) is 0.364. The van der Waals surface area contributed by atoms with Gasteiger partial charge in [-0.05, 0) is 90.8 Å². The van der Waals surface area contributed by atoms with Gasteiger partial charge in [0.1, 0.15) is 23.0 Å². The van der Waals surface area contributed by atoms with Crippen molar-refractivity contribution in [3.05, 3.63) is 77.9 Å². The predicted molar refractivity (Wildman–Crippen MR) is 157 cm³/mol. The molecule has 2 rings (SSSR count). The van der Waals surface area contributed by atoms with Gasteiger partial charge in [0.25, 0.3) is 0 Å². The zero-order valence-corrected chi connectivity index (χ0v) is 24.8. The molecule has 0 amide bonds. The molecule has 0 unspecified atom stereocenters. The first kappa shape index (κ1) is 32.1. The molecule has 0 N–H and O–H groups in total. The van der Waals surface area contributed by atoms with Crippen LogP contribution in [0.2, 0.25) is 0 Å². The number of rotatable bonds is 11. The molecule has 0 spiro atoms. The van der Waals surface area contributed by atoms with Gasteiger partial charge in [0.2, 0.25) is 0 Å². The summed E-state index contributed by atoms with van der Waals surface area (Å²) >= 11 is 0. The van der Waals surface area contributed by atoms with E-state index < -0.39 is 16.8 Å². The maximum atomic E-state index is 13.1. The van der Waals surface area contributed by atoms with E-state index in [9.17, 15) is 14.4 Å². The van der Waals surface area contributed by atoms with Crippen LogP contribution in [0, 0.1) is 10.8 Å². The summed E-state index contributed by atoms with van der Waals surface area (Å²) in [6.07, 6.45) is 7.07. The summed E-state index contributed by atoms with van der Waals surface area (Å²) in [6, 6.07) is 6.34. The number of carbonyl (C=O) groups excluding carboxylic acids is 3. The molecule has 40 heavy (non-hydrogen) atoms. The Morgan fingerprint density at radius 3 is 1.57 bits per heavy atom. The maximum absolute atomic E-state index is 13.1. The quantitative estimate of drug-likeness (QED) is 0.0986. The Morgan fingerprint density at radius 2 is 1.18 bits per heavy atom. The van der Waals surface area contributed by atoms with Crippen LogP contribution in [0.3, 0.4) is 0 Å². The standard InChI is InChI=1S/C33H40O7/c1-11-13-23-27(37-9)25(28(38-10)24(14-12-2)29(23)40-31(36)33(6,7)8)19-20-26(34)21-15-17-22(18-16-21)39-30(35)32(3,4)5/h11-12,15-20H,1-2,13-14H2,3-10H3. The number of esters is 2. The van der Waals surface area contributed by atoms with Crippen LogP contribution < -0.4 is 18.9 Å². The van der Waals surface area contributed by atoms with Crippen LogP contribution in [0.1, 0.15) is 68.6 Å². The zero-order valence-electron chi connectivity index (χ0n) is 24.8. The Hall–Kier alpha value is -4.13. The molecular weight excluding hydrogens is 508 g/mol. The summed E-state index contributed by atoms with van der Waals surface area (Å²) in [5.74, 6) is 0.418. The first-order valence-corrected chi connectivity index (χ1v) is 13.0. The normalized spacial score (nSPS) is 11.6. The van der Waals surface area contributed by atoms with E-state index >= 15 is 0 Å². The van der Waals surface area contributed by atoms with Crippen molar-refractivity contribution in [3.8, 4) is 23.0 Å². The number of hydrogen-bond acceptors (Lipinski definition) is 7. The van der Waals surface area contributed by atoms with Crippen molar-refractivity contribution in [1.82, 2.24) is 0 Å². The third-order valence-electron chi connectivity index (χ3n) is 5.86. The molecule has 214 valence electrons. The van der Waals surface area contributed by atoms with Gasteiger partial charge < -0.3 is 18.9 Å². The topological polar surface area (TPSA) is 88.1 Å². The van der Waals surface area contributed by atoms with Crippen molar-refractivity contribution in [2.45, 2.75) is 54.4 Å². The highest BCUT2D eigenvalue weighted by Gasteiger charge is 2.30. The Morgan fingerprint density at radius 1 is 0.725 bits per heavy atom. The molecule has 0 saturated heterocycles. The van der Waals surface area contributed by atoms with Gasteiger partial charge in [0, 0.05) is 16.7 Å². The average molecular weight is 549 g/mol. The molecule has 0 aliphatic rings. The second kappa shape index (κ2) is 13.3. The largest absolute Gasteiger partial charge is 0.496 e. The molecule has 0 bridgehead atoms. The van der Waals surface area contributed by atoms with Gasteiger partial charge in [0.15, 0.2) is 5.78 Å². The monoisotopic (exact) mass is 548 g/mol. The first-order valence-electron chi connectivity index (χ1n) is 13.0. The molecular formula is C33H40O7. The summed E-state index contributed by atoms with van der Waals surface area (Å²) in [5, 5.41) is 0. The number of hydrogen-bond donors (Lipinski definition) is 0. The van der Waals surface area contributed by atoms with Crippen molar-refractivity contribution < 1.29 is 33.3 Å². The molecule has 0 aromatic heterocycles. The molecule has 0 radical (unpaired) electrons. The number of allylic oxidation sites excluding steroid dienone is 3. The van der Waals surface area contributed by atoms with Gasteiger partial charge in [-0.3, -0.25) is 14.4 Å². The summed E-state index contributed by atoms with van der Waals surface area (Å²) in [7, 11) is 3.00. The molecule has 0 atom stereocenters. The minimum atomic E-state index is -0.747. The van der Waals surface area contributed by atoms with E-state index in [2.05, 4.69) is 13.2 Å². The molecule has 0 aliphatic heterocycles. The van der Waals surface area contributed by atoms with Gasteiger partial charge >= 0.3 is 11.9 Å². The van der Waals surface area contributed by atoms with Gasteiger partial charge in [-0.25, -0.2) is 0 Å². The van der Waals surface area contributed by atoms with E-state index in [1.165, 1.54) is 20.3 Å². The number of benzene rings is 2. The van der Waals surface area contributed by atoms with Crippen molar-refractivity contribution in [1.29, 1.82) is 0 Å². The van der Waals surface area contributed by atoms with Crippen molar-refractivity contribution in [3.63, 3.8) is 0 Å². The molecule has 0 heterocycles. The predicted octanol–water partition coefficient (Wildman–Crippen LogP) is 6.96. The SMILES string of the molecule is C=CCc1c(OC)c(C=CC(=O)c2ccc(OC(=O)C(C)(C)C)cc2)c(OC)c(CC=C)c1OC(=O)C(C)(C)C. The third kappa shape index (κ3) is 7.72. The number of methoxy groups -OCH3 is 2. The number of ketones is 1. The average Bonchev–Trinajstić information content (AvgIpc) is 2.88. The van der Waals surface area contributed by atoms with Crippen molar-refractivity contribution in [2.24, 2.45) is 10.8 Å². The number of ether oxygens (including phenoxy) is 4. The second-order valence-corrected chi connectivity index (χ2v) is 11.3. The highest BCUT2D eigenvalue weighted by molar-refractivity contribution is 6.07. The van der Waals surface area contributed by atoms with E-state index in [1.807, 2.05) is 0 Å². The zero-order chi connectivity index (χ0) is 30.3. The van der Waals surface area contributed by atoms with Crippen LogP contribution in [-0.4, -0.2) is 31.9 Å². The minimum Gasteiger partial charge on any atom is -0.496 e. The highest BCUT2D eigenvalue weighted by Crippen LogP contribution is 2.46. The van der Waals surface area contributed by atoms with Crippen LogP contribution in [0.5, 0.6) is 23.0 Å². The fourth-order valence-corrected chi connectivity index (χ4v) is 3.67. The van der Waals surface area contributed by atoms with Crippen LogP contribution in [0.25, 0.3) is 6.08 Å². The van der Waals surface area contributed by atoms with Crippen molar-refractivity contribution in [2.75, 3.05) is 14.2 Å². The Bertz CT molecular complexity index is 1260. The minimum absolute atomic E-state index is 0.281. The van der Waals surface area contributed by atoms with E-state index in [0.717, 1.165) is 0 Å². The molecule has 7 heteroatoms. The lowest BCUT2D eigenvalue weighted by Gasteiger charge is -2.24. The smallest absolute Gasteiger partial charge is 0.316 e. The summed E-state index contributed by atoms with van der Waals surface area (Å²) in [5.41, 5.74) is 0.722. The molecule has 7 nitrogen and oxygen atoms in total. The lowest BCUT2D eigenvalue weighted by molar-refractivity contribution is -0.143. The van der Waals surface area contributed by atoms with Crippen LogP contribution in [0.4, 0.5) is 0 Å². The van der Waals surface area contributed by atoms with Crippen molar-refractivity contribution >= 4 is 23.8 Å². The number of carbonyl (C=O) groups is 3. The van der Waals surface area contributed by atoms with E-state index in [4.69, 9.17) is 18.9 Å². The fourth-order valence-electron chi connectivity index (χ4n) is 3.67. The van der Waals surface area contributed by atoms with Gasteiger partial charge in [-0.1, -0.05) is 12.2 Å². The molecule has 0 aliphatic carbocycles. The summed E-state index contributed by atoms with van der Waals surface area (Å²) in [4.78, 5) is 38.1. The lowest BCUT2D eigenvalue weighted by atomic mass is 9.94. The van der Waals surface area contributed by atoms with E-state index in [0.29, 0.717) is 58.1 Å². The molecule has 0 saturated carbocycles. The molecule has 2 aromatic carbocycles. The van der Waals surface area contributed by atoms with Gasteiger partial charge in [0.05, 0.1) is 30.6 Å². The Balaban J connectivity index is 2.59. The van der Waals surface area contributed by atoms with Crippen LogP contribution >= 0.6 is 0 Å². The van der Waals surface area contributed by atoms with E-state index in [-0.39, 0.29) is 11.8 Å². The van der Waals surface area contributed by atoms with Crippen LogP contribution in [-0.2, 0) is 22.4 Å². The molecule has 0 fully saturated rings. The van der Waals surface area contributed by atoms with E-state index in [1.54, 1.807) is 84.0 Å².